The van der Waals surface area contributed by atoms with E-state index in [0.29, 0.717) is 13.0 Å². The highest BCUT2D eigenvalue weighted by Gasteiger charge is 2.28. The molecule has 1 amide bonds. The third-order valence-electron chi connectivity index (χ3n) is 5.29. The van der Waals surface area contributed by atoms with Crippen molar-refractivity contribution in [3.8, 4) is 22.8 Å². The summed E-state index contributed by atoms with van der Waals surface area (Å²) in [5.74, 6) is 1.55. The van der Waals surface area contributed by atoms with Crippen molar-refractivity contribution in [3.63, 3.8) is 0 Å². The summed E-state index contributed by atoms with van der Waals surface area (Å²) in [5.41, 5.74) is 2.75. The number of hydrogen-bond donors (Lipinski definition) is 1. The van der Waals surface area contributed by atoms with Crippen LogP contribution in [0.25, 0.3) is 11.3 Å². The molecule has 0 unspecified atom stereocenters. The van der Waals surface area contributed by atoms with E-state index in [4.69, 9.17) is 14.5 Å². The van der Waals surface area contributed by atoms with Gasteiger partial charge in [-0.3, -0.25) is 4.79 Å². The number of carbonyl (C=O) groups is 1. The molecule has 0 saturated carbocycles. The molecule has 3 aromatic rings. The summed E-state index contributed by atoms with van der Waals surface area (Å²) in [6.45, 7) is 3.39. The smallest absolute Gasteiger partial charge is 0.243 e. The number of aromatic nitrogens is 1. The van der Waals surface area contributed by atoms with Crippen LogP contribution in [0.5, 0.6) is 11.5 Å². The standard InChI is InChI=1S/C25H32N4O3S/c1-6-23(24(30)26-15-16-28(2)3)29(19-9-13-21(32-5)14-10-19)25-27-22(17-33-25)18-7-11-20(31-4)12-8-18/h7-14,17,23H,6,15-16H2,1-5H3,(H,26,30)/t23-/m0/s1. The lowest BCUT2D eigenvalue weighted by Crippen LogP contribution is -2.46. The average Bonchev–Trinajstić information content (AvgIpc) is 3.32. The average molecular weight is 469 g/mol. The first-order valence-corrected chi connectivity index (χ1v) is 11.8. The number of hydrogen-bond acceptors (Lipinski definition) is 7. The molecule has 2 aromatic carbocycles. The van der Waals surface area contributed by atoms with Gasteiger partial charge in [-0.25, -0.2) is 4.98 Å². The predicted molar refractivity (Wildman–Crippen MR) is 135 cm³/mol. The van der Waals surface area contributed by atoms with E-state index in [1.54, 1.807) is 14.2 Å². The molecule has 3 rings (SSSR count). The molecule has 1 N–H and O–H groups in total. The summed E-state index contributed by atoms with van der Waals surface area (Å²) in [6, 6.07) is 15.1. The van der Waals surface area contributed by atoms with Crippen molar-refractivity contribution < 1.29 is 14.3 Å². The van der Waals surface area contributed by atoms with Crippen LogP contribution in [0.2, 0.25) is 0 Å². The molecule has 33 heavy (non-hydrogen) atoms. The Balaban J connectivity index is 1.94. The minimum Gasteiger partial charge on any atom is -0.497 e. The van der Waals surface area contributed by atoms with Crippen LogP contribution in [-0.4, -0.2) is 63.2 Å². The minimum absolute atomic E-state index is 0.0173. The minimum atomic E-state index is -0.393. The fourth-order valence-electron chi connectivity index (χ4n) is 3.44. The molecule has 176 valence electrons. The Morgan fingerprint density at radius 2 is 1.64 bits per heavy atom. The van der Waals surface area contributed by atoms with Gasteiger partial charge < -0.3 is 24.6 Å². The maximum Gasteiger partial charge on any atom is 0.243 e. The Hall–Kier alpha value is -3.10. The first-order chi connectivity index (χ1) is 16.0. The molecule has 1 heterocycles. The molecule has 7 nitrogen and oxygen atoms in total. The van der Waals surface area contributed by atoms with E-state index in [9.17, 15) is 4.79 Å². The predicted octanol–water partition coefficient (Wildman–Crippen LogP) is 4.42. The highest BCUT2D eigenvalue weighted by molar-refractivity contribution is 7.14. The van der Waals surface area contributed by atoms with Crippen molar-refractivity contribution in [2.75, 3.05) is 46.3 Å². The maximum atomic E-state index is 13.2. The number of nitrogens with one attached hydrogen (secondary N) is 1. The zero-order valence-corrected chi connectivity index (χ0v) is 20.7. The van der Waals surface area contributed by atoms with E-state index in [1.807, 2.05) is 84.7 Å². The van der Waals surface area contributed by atoms with Crippen molar-refractivity contribution in [2.24, 2.45) is 0 Å². The van der Waals surface area contributed by atoms with Gasteiger partial charge in [-0.1, -0.05) is 6.92 Å². The zero-order chi connectivity index (χ0) is 23.8. The molecule has 0 radical (unpaired) electrons. The topological polar surface area (TPSA) is 66.9 Å². The molecular formula is C25H32N4O3S. The molecule has 0 bridgehead atoms. The number of amides is 1. The molecule has 0 aliphatic carbocycles. The fourth-order valence-corrected chi connectivity index (χ4v) is 4.34. The van der Waals surface area contributed by atoms with E-state index >= 15 is 0 Å². The summed E-state index contributed by atoms with van der Waals surface area (Å²) >= 11 is 1.52. The molecule has 0 spiro atoms. The number of carbonyl (C=O) groups excluding carboxylic acids is 1. The number of nitrogens with zero attached hydrogens (tertiary/aromatic N) is 3. The second-order valence-corrected chi connectivity index (χ2v) is 8.67. The molecule has 0 fully saturated rings. The Morgan fingerprint density at radius 1 is 1.03 bits per heavy atom. The number of methoxy groups -OCH3 is 2. The lowest BCUT2D eigenvalue weighted by Gasteiger charge is -2.30. The number of benzene rings is 2. The van der Waals surface area contributed by atoms with Crippen LogP contribution >= 0.6 is 11.3 Å². The Kier molecular flexibility index (Phi) is 8.68. The first-order valence-electron chi connectivity index (χ1n) is 10.9. The number of ether oxygens (including phenoxy) is 2. The maximum absolute atomic E-state index is 13.2. The van der Waals surface area contributed by atoms with Gasteiger partial charge in [0.2, 0.25) is 5.91 Å². The van der Waals surface area contributed by atoms with Crippen molar-refractivity contribution in [2.45, 2.75) is 19.4 Å². The lowest BCUT2D eigenvalue weighted by molar-refractivity contribution is -0.122. The van der Waals surface area contributed by atoms with Crippen LogP contribution in [0, 0.1) is 0 Å². The summed E-state index contributed by atoms with van der Waals surface area (Å²) in [5, 5.41) is 5.86. The summed E-state index contributed by atoms with van der Waals surface area (Å²) in [6.07, 6.45) is 0.636. The fraction of sp³-hybridized carbons (Fsp3) is 0.360. The van der Waals surface area contributed by atoms with Crippen LogP contribution < -0.4 is 19.7 Å². The molecule has 1 atom stereocenters. The Morgan fingerprint density at radius 3 is 2.18 bits per heavy atom. The van der Waals surface area contributed by atoms with Crippen LogP contribution in [-0.2, 0) is 4.79 Å². The quantitative estimate of drug-likeness (QED) is 0.449. The third-order valence-corrected chi connectivity index (χ3v) is 6.13. The second-order valence-electron chi connectivity index (χ2n) is 7.83. The van der Waals surface area contributed by atoms with Crippen LogP contribution in [0.15, 0.2) is 53.9 Å². The number of anilines is 2. The van der Waals surface area contributed by atoms with Gasteiger partial charge in [0.15, 0.2) is 5.13 Å². The highest BCUT2D eigenvalue weighted by Crippen LogP contribution is 2.35. The molecule has 0 saturated heterocycles. The van der Waals surface area contributed by atoms with Crippen molar-refractivity contribution >= 4 is 28.1 Å². The zero-order valence-electron chi connectivity index (χ0n) is 19.9. The largest absolute Gasteiger partial charge is 0.497 e. The number of likely N-dealkylation sites (N-methyl/N-ethyl adjacent to an activating group) is 1. The van der Waals surface area contributed by atoms with Gasteiger partial charge in [0.05, 0.1) is 19.9 Å². The van der Waals surface area contributed by atoms with Crippen LogP contribution in [0.3, 0.4) is 0 Å². The summed E-state index contributed by atoms with van der Waals surface area (Å²) in [4.78, 5) is 22.1. The molecule has 0 aliphatic heterocycles. The molecule has 1 aromatic heterocycles. The third kappa shape index (κ3) is 6.24. The van der Waals surface area contributed by atoms with Gasteiger partial charge >= 0.3 is 0 Å². The van der Waals surface area contributed by atoms with Crippen molar-refractivity contribution in [3.05, 3.63) is 53.9 Å². The van der Waals surface area contributed by atoms with Crippen molar-refractivity contribution in [1.82, 2.24) is 15.2 Å². The van der Waals surface area contributed by atoms with Gasteiger partial charge in [-0.2, -0.15) is 0 Å². The number of thiazole rings is 1. The van der Waals surface area contributed by atoms with Gasteiger partial charge in [-0.05, 0) is 69.0 Å². The van der Waals surface area contributed by atoms with E-state index in [0.717, 1.165) is 40.1 Å². The SMILES string of the molecule is CC[C@@H](C(=O)NCCN(C)C)N(c1ccc(OC)cc1)c1nc(-c2ccc(OC)cc2)cs1. The lowest BCUT2D eigenvalue weighted by atomic mass is 10.1. The van der Waals surface area contributed by atoms with E-state index in [1.165, 1.54) is 11.3 Å². The molecule has 0 aliphatic rings. The molecular weight excluding hydrogens is 436 g/mol. The second kappa shape index (κ2) is 11.7. The van der Waals surface area contributed by atoms with E-state index in [-0.39, 0.29) is 5.91 Å². The number of rotatable bonds is 11. The van der Waals surface area contributed by atoms with Gasteiger partial charge in [0.25, 0.3) is 0 Å². The Bertz CT molecular complexity index is 1020. The Labute approximate surface area is 200 Å². The van der Waals surface area contributed by atoms with Crippen LogP contribution in [0.4, 0.5) is 10.8 Å². The van der Waals surface area contributed by atoms with Gasteiger partial charge in [0, 0.05) is 29.7 Å². The molecule has 8 heteroatoms. The summed E-state index contributed by atoms with van der Waals surface area (Å²) in [7, 11) is 7.27. The van der Waals surface area contributed by atoms with Crippen molar-refractivity contribution in [1.29, 1.82) is 0 Å². The van der Waals surface area contributed by atoms with Gasteiger partial charge in [-0.15, -0.1) is 11.3 Å². The van der Waals surface area contributed by atoms with E-state index < -0.39 is 6.04 Å². The first kappa shape index (κ1) is 24.5. The normalized spacial score (nSPS) is 11.8. The summed E-state index contributed by atoms with van der Waals surface area (Å²) < 4.78 is 10.6. The van der Waals surface area contributed by atoms with E-state index in [2.05, 4.69) is 5.32 Å². The highest BCUT2D eigenvalue weighted by atomic mass is 32.1. The monoisotopic (exact) mass is 468 g/mol. The van der Waals surface area contributed by atoms with Gasteiger partial charge in [0.1, 0.15) is 17.5 Å². The van der Waals surface area contributed by atoms with Crippen LogP contribution in [0.1, 0.15) is 13.3 Å².